The SMILES string of the molecule is CC[C@@H]1CN2CCc3c([nH]c4c(Br)c(Cl)cc(OC)c34)C2C[C@@H]1/C(=C\OC)C(=O)OC. The highest BCUT2D eigenvalue weighted by Crippen LogP contribution is 2.49. The fraction of sp³-hybridized carbons (Fsp3) is 0.522. The molecule has 3 atom stereocenters. The molecule has 1 aromatic heterocycles. The number of halogens is 2. The molecule has 1 unspecified atom stereocenters. The molecule has 2 aliphatic rings. The Bertz CT molecular complexity index is 1030. The van der Waals surface area contributed by atoms with E-state index in [-0.39, 0.29) is 17.9 Å². The smallest absolute Gasteiger partial charge is 0.337 e. The molecule has 8 heteroatoms. The Labute approximate surface area is 196 Å². The number of esters is 1. The van der Waals surface area contributed by atoms with Crippen molar-refractivity contribution in [3.8, 4) is 5.75 Å². The minimum absolute atomic E-state index is 0.0601. The van der Waals surface area contributed by atoms with Gasteiger partial charge in [-0.15, -0.1) is 0 Å². The summed E-state index contributed by atoms with van der Waals surface area (Å²) in [5.74, 6) is 0.883. The average Bonchev–Trinajstić information content (AvgIpc) is 3.19. The molecule has 31 heavy (non-hydrogen) atoms. The lowest BCUT2D eigenvalue weighted by Gasteiger charge is -2.46. The summed E-state index contributed by atoms with van der Waals surface area (Å²) in [6, 6.07) is 2.03. The van der Waals surface area contributed by atoms with Gasteiger partial charge in [0.25, 0.3) is 0 Å². The zero-order valence-corrected chi connectivity index (χ0v) is 20.6. The van der Waals surface area contributed by atoms with Crippen LogP contribution in [0.1, 0.15) is 37.1 Å². The Morgan fingerprint density at radius 1 is 1.39 bits per heavy atom. The van der Waals surface area contributed by atoms with Crippen LogP contribution in [0.25, 0.3) is 10.9 Å². The number of piperidine rings is 1. The van der Waals surface area contributed by atoms with E-state index in [0.29, 0.717) is 16.5 Å². The Morgan fingerprint density at radius 3 is 2.81 bits per heavy atom. The number of fused-ring (bicyclic) bond motifs is 5. The summed E-state index contributed by atoms with van der Waals surface area (Å²) in [7, 11) is 4.67. The number of methoxy groups -OCH3 is 3. The molecule has 0 spiro atoms. The molecule has 1 aromatic carbocycles. The van der Waals surface area contributed by atoms with Crippen molar-refractivity contribution in [3.63, 3.8) is 0 Å². The normalized spacial score (nSPS) is 23.9. The summed E-state index contributed by atoms with van der Waals surface area (Å²) in [6.45, 7) is 4.08. The predicted molar refractivity (Wildman–Crippen MR) is 125 cm³/mol. The number of hydrogen-bond acceptors (Lipinski definition) is 5. The van der Waals surface area contributed by atoms with Crippen molar-refractivity contribution < 1.29 is 19.0 Å². The molecular formula is C23H28BrClN2O4. The van der Waals surface area contributed by atoms with Crippen LogP contribution in [-0.2, 0) is 20.7 Å². The topological polar surface area (TPSA) is 63.8 Å². The van der Waals surface area contributed by atoms with Gasteiger partial charge in [0.15, 0.2) is 0 Å². The van der Waals surface area contributed by atoms with E-state index in [1.807, 2.05) is 6.07 Å². The van der Waals surface area contributed by atoms with Crippen LogP contribution in [0.2, 0.25) is 5.02 Å². The van der Waals surface area contributed by atoms with Crippen molar-refractivity contribution in [1.82, 2.24) is 9.88 Å². The molecule has 0 aliphatic carbocycles. The third-order valence-electron chi connectivity index (χ3n) is 6.82. The van der Waals surface area contributed by atoms with Gasteiger partial charge in [-0.25, -0.2) is 4.79 Å². The molecule has 6 nitrogen and oxygen atoms in total. The maximum Gasteiger partial charge on any atom is 0.337 e. The minimum Gasteiger partial charge on any atom is -0.504 e. The average molecular weight is 512 g/mol. The third-order valence-corrected chi connectivity index (χ3v) is 8.17. The van der Waals surface area contributed by atoms with Gasteiger partial charge < -0.3 is 19.2 Å². The van der Waals surface area contributed by atoms with E-state index in [1.165, 1.54) is 18.4 Å². The quantitative estimate of drug-likeness (QED) is 0.338. The number of rotatable bonds is 5. The van der Waals surface area contributed by atoms with Crippen LogP contribution in [0, 0.1) is 11.8 Å². The van der Waals surface area contributed by atoms with E-state index in [4.69, 9.17) is 25.8 Å². The minimum atomic E-state index is -0.317. The van der Waals surface area contributed by atoms with Crippen LogP contribution in [0.3, 0.4) is 0 Å². The molecular weight excluding hydrogens is 484 g/mol. The van der Waals surface area contributed by atoms with E-state index in [0.717, 1.165) is 53.5 Å². The highest BCUT2D eigenvalue weighted by atomic mass is 79.9. The second-order valence-corrected chi connectivity index (χ2v) is 9.41. The number of hydrogen-bond donors (Lipinski definition) is 1. The molecule has 0 saturated carbocycles. The molecule has 4 rings (SSSR count). The number of ether oxygens (including phenoxy) is 3. The molecule has 1 saturated heterocycles. The van der Waals surface area contributed by atoms with Crippen LogP contribution in [0.5, 0.6) is 5.75 Å². The van der Waals surface area contributed by atoms with Crippen molar-refractivity contribution >= 4 is 44.4 Å². The molecule has 0 amide bonds. The van der Waals surface area contributed by atoms with E-state index >= 15 is 0 Å². The van der Waals surface area contributed by atoms with E-state index < -0.39 is 0 Å². The van der Waals surface area contributed by atoms with Gasteiger partial charge in [-0.1, -0.05) is 24.9 Å². The molecule has 168 valence electrons. The van der Waals surface area contributed by atoms with Gasteiger partial charge in [0, 0.05) is 30.2 Å². The molecule has 0 bridgehead atoms. The van der Waals surface area contributed by atoms with Crippen molar-refractivity contribution in [3.05, 3.63) is 38.7 Å². The summed E-state index contributed by atoms with van der Waals surface area (Å²) in [4.78, 5) is 18.7. The van der Waals surface area contributed by atoms with E-state index in [2.05, 4.69) is 32.7 Å². The number of nitrogens with one attached hydrogen (secondary N) is 1. The van der Waals surface area contributed by atoms with Gasteiger partial charge in [0.05, 0.1) is 54.2 Å². The fourth-order valence-electron chi connectivity index (χ4n) is 5.34. The summed E-state index contributed by atoms with van der Waals surface area (Å²) < 4.78 is 16.9. The standard InChI is InChI=1S/C23H28BrClN2O4/c1-5-12-10-27-7-6-13-19-18(30-3)9-16(25)20(24)22(19)26-21(13)17(27)8-14(12)15(11-29-2)23(28)31-4/h9,11-12,14,17,26H,5-8,10H2,1-4H3/b15-11+/t12-,14+,17?/m1/s1. The molecule has 0 radical (unpaired) electrons. The van der Waals surface area contributed by atoms with E-state index in [1.54, 1.807) is 20.5 Å². The fourth-order valence-corrected chi connectivity index (χ4v) is 5.94. The first kappa shape index (κ1) is 22.5. The van der Waals surface area contributed by atoms with Gasteiger partial charge in [-0.05, 0) is 46.2 Å². The van der Waals surface area contributed by atoms with Gasteiger partial charge in [-0.3, -0.25) is 4.90 Å². The number of H-pyrrole nitrogens is 1. The first-order chi connectivity index (χ1) is 14.9. The van der Waals surface area contributed by atoms with Crippen molar-refractivity contribution in [1.29, 1.82) is 0 Å². The lowest BCUT2D eigenvalue weighted by atomic mass is 9.74. The van der Waals surface area contributed by atoms with Crippen LogP contribution in [0.4, 0.5) is 0 Å². The molecule has 2 aromatic rings. The van der Waals surface area contributed by atoms with Crippen LogP contribution < -0.4 is 4.74 Å². The summed E-state index contributed by atoms with van der Waals surface area (Å²) in [5, 5.41) is 1.70. The van der Waals surface area contributed by atoms with Crippen LogP contribution in [-0.4, -0.2) is 50.3 Å². The lowest BCUT2D eigenvalue weighted by Crippen LogP contribution is -2.47. The highest BCUT2D eigenvalue weighted by Gasteiger charge is 2.43. The Hall–Kier alpha value is -1.70. The molecule has 1 N–H and O–H groups in total. The Kier molecular flexibility index (Phi) is 6.56. The zero-order chi connectivity index (χ0) is 22.3. The first-order valence-corrected chi connectivity index (χ1v) is 11.7. The zero-order valence-electron chi connectivity index (χ0n) is 18.3. The Balaban J connectivity index is 1.81. The van der Waals surface area contributed by atoms with Crippen molar-refractivity contribution in [2.24, 2.45) is 11.8 Å². The number of carbonyl (C=O) groups is 1. The monoisotopic (exact) mass is 510 g/mol. The van der Waals surface area contributed by atoms with Gasteiger partial charge >= 0.3 is 5.97 Å². The van der Waals surface area contributed by atoms with Gasteiger partial charge in [0.2, 0.25) is 0 Å². The van der Waals surface area contributed by atoms with E-state index in [9.17, 15) is 4.79 Å². The second-order valence-electron chi connectivity index (χ2n) is 8.21. The summed E-state index contributed by atoms with van der Waals surface area (Å²) >= 11 is 10.1. The summed E-state index contributed by atoms with van der Waals surface area (Å²) in [5.41, 5.74) is 4.03. The van der Waals surface area contributed by atoms with Crippen molar-refractivity contribution in [2.75, 3.05) is 34.4 Å². The summed E-state index contributed by atoms with van der Waals surface area (Å²) in [6.07, 6.45) is 4.30. The van der Waals surface area contributed by atoms with Crippen LogP contribution in [0.15, 0.2) is 22.4 Å². The maximum absolute atomic E-state index is 12.5. The number of carbonyl (C=O) groups excluding carboxylic acids is 1. The predicted octanol–water partition coefficient (Wildman–Crippen LogP) is 5.24. The second kappa shape index (κ2) is 9.04. The largest absolute Gasteiger partial charge is 0.504 e. The van der Waals surface area contributed by atoms with Crippen LogP contribution >= 0.6 is 27.5 Å². The van der Waals surface area contributed by atoms with Crippen molar-refractivity contribution in [2.45, 2.75) is 32.2 Å². The number of benzene rings is 1. The first-order valence-electron chi connectivity index (χ1n) is 10.6. The number of aromatic amines is 1. The molecule has 1 fully saturated rings. The molecule has 2 aliphatic heterocycles. The maximum atomic E-state index is 12.5. The highest BCUT2D eigenvalue weighted by molar-refractivity contribution is 9.10. The number of aromatic nitrogens is 1. The Morgan fingerprint density at radius 2 is 2.16 bits per heavy atom. The van der Waals surface area contributed by atoms with Gasteiger partial charge in [0.1, 0.15) is 5.75 Å². The lowest BCUT2D eigenvalue weighted by molar-refractivity contribution is -0.137. The number of nitrogens with zero attached hydrogens (tertiary/aromatic N) is 1. The molecule has 3 heterocycles. The van der Waals surface area contributed by atoms with Gasteiger partial charge in [-0.2, -0.15) is 0 Å². The third kappa shape index (κ3) is 3.74.